The minimum Gasteiger partial charge on any atom is -0.321 e. The third kappa shape index (κ3) is 4.27. The quantitative estimate of drug-likeness (QED) is 0.669. The second kappa shape index (κ2) is 8.62. The normalized spacial score (nSPS) is 15.4. The lowest BCUT2D eigenvalue weighted by molar-refractivity contribution is 0.102. The molecule has 6 heteroatoms. The number of piperidine rings is 1. The summed E-state index contributed by atoms with van der Waals surface area (Å²) >= 11 is 6.06. The van der Waals surface area contributed by atoms with E-state index < -0.39 is 0 Å². The molecule has 0 saturated carbocycles. The van der Waals surface area contributed by atoms with E-state index in [4.69, 9.17) is 11.6 Å². The highest BCUT2D eigenvalue weighted by Gasteiger charge is 2.18. The second-order valence-electron chi connectivity index (χ2n) is 8.20. The minimum atomic E-state index is -0.238. The van der Waals surface area contributed by atoms with Crippen LogP contribution in [0.15, 0.2) is 53.5 Å². The number of likely N-dealkylation sites (tertiary alicyclic amines) is 1. The molecule has 0 aliphatic carbocycles. The Hall–Kier alpha value is -2.63. The molecule has 1 N–H and O–H groups in total. The van der Waals surface area contributed by atoms with Gasteiger partial charge in [0.25, 0.3) is 11.5 Å². The Kier molecular flexibility index (Phi) is 5.93. The SMILES string of the molecule is Cc1ccc(Cl)cc1C(=O)Nc1cccc2c(=O)n(CC3CCN(C)CC3)ccc12. The molecule has 4 rings (SSSR count). The van der Waals surface area contributed by atoms with Crippen molar-refractivity contribution in [2.24, 2.45) is 5.92 Å². The molecule has 1 aliphatic heterocycles. The third-order valence-electron chi connectivity index (χ3n) is 6.00. The lowest BCUT2D eigenvalue weighted by atomic mass is 9.97. The number of anilines is 1. The second-order valence-corrected chi connectivity index (χ2v) is 8.64. The number of benzene rings is 2. The fourth-order valence-corrected chi connectivity index (χ4v) is 4.29. The summed E-state index contributed by atoms with van der Waals surface area (Å²) in [5.74, 6) is 0.281. The monoisotopic (exact) mass is 423 g/mol. The molecule has 0 bridgehead atoms. The van der Waals surface area contributed by atoms with Crippen molar-refractivity contribution in [3.05, 3.63) is 75.2 Å². The van der Waals surface area contributed by atoms with E-state index in [-0.39, 0.29) is 11.5 Å². The van der Waals surface area contributed by atoms with Crippen LogP contribution < -0.4 is 10.9 Å². The Labute approximate surface area is 181 Å². The van der Waals surface area contributed by atoms with E-state index in [2.05, 4.69) is 17.3 Å². The van der Waals surface area contributed by atoms with E-state index in [1.807, 2.05) is 48.0 Å². The van der Waals surface area contributed by atoms with Crippen LogP contribution in [0.25, 0.3) is 10.8 Å². The van der Waals surface area contributed by atoms with Crippen LogP contribution in [-0.4, -0.2) is 35.5 Å². The highest BCUT2D eigenvalue weighted by atomic mass is 35.5. The van der Waals surface area contributed by atoms with Crippen LogP contribution >= 0.6 is 11.6 Å². The fourth-order valence-electron chi connectivity index (χ4n) is 4.12. The van der Waals surface area contributed by atoms with Gasteiger partial charge in [0.1, 0.15) is 0 Å². The van der Waals surface area contributed by atoms with E-state index in [1.54, 1.807) is 12.1 Å². The summed E-state index contributed by atoms with van der Waals surface area (Å²) in [7, 11) is 2.14. The molecule has 156 valence electrons. The highest BCUT2D eigenvalue weighted by Crippen LogP contribution is 2.24. The zero-order chi connectivity index (χ0) is 21.3. The summed E-state index contributed by atoms with van der Waals surface area (Å²) in [6.45, 7) is 4.76. The van der Waals surface area contributed by atoms with Crippen molar-refractivity contribution >= 4 is 34.0 Å². The number of aryl methyl sites for hydroxylation is 1. The van der Waals surface area contributed by atoms with Crippen molar-refractivity contribution in [3.63, 3.8) is 0 Å². The smallest absolute Gasteiger partial charge is 0.258 e. The van der Waals surface area contributed by atoms with Crippen molar-refractivity contribution in [3.8, 4) is 0 Å². The molecule has 5 nitrogen and oxygen atoms in total. The Bertz CT molecular complexity index is 1150. The summed E-state index contributed by atoms with van der Waals surface area (Å²) in [4.78, 5) is 28.2. The summed E-state index contributed by atoms with van der Waals surface area (Å²) in [6.07, 6.45) is 4.06. The molecule has 0 unspecified atom stereocenters. The largest absolute Gasteiger partial charge is 0.321 e. The van der Waals surface area contributed by atoms with Crippen molar-refractivity contribution in [2.45, 2.75) is 26.3 Å². The van der Waals surface area contributed by atoms with Crippen LogP contribution in [0, 0.1) is 12.8 Å². The molecule has 0 radical (unpaired) electrons. The average Bonchev–Trinajstić information content (AvgIpc) is 2.73. The standard InChI is InChI=1S/C24H26ClN3O2/c1-16-6-7-18(25)14-21(16)23(29)26-22-5-3-4-20-19(22)10-13-28(24(20)30)15-17-8-11-27(2)12-9-17/h3-7,10,13-14,17H,8-9,11-12,15H2,1-2H3,(H,26,29). The van der Waals surface area contributed by atoms with Crippen LogP contribution in [0.3, 0.4) is 0 Å². The van der Waals surface area contributed by atoms with Crippen LogP contribution in [0.2, 0.25) is 5.02 Å². The lowest BCUT2D eigenvalue weighted by Crippen LogP contribution is -2.33. The van der Waals surface area contributed by atoms with Crippen LogP contribution in [0.1, 0.15) is 28.8 Å². The summed E-state index contributed by atoms with van der Waals surface area (Å²) in [6, 6.07) is 12.6. The number of hydrogen-bond donors (Lipinski definition) is 1. The van der Waals surface area contributed by atoms with Gasteiger partial charge in [0.05, 0.1) is 0 Å². The molecule has 30 heavy (non-hydrogen) atoms. The molecule has 0 atom stereocenters. The minimum absolute atomic E-state index is 0.0125. The first kappa shape index (κ1) is 20.6. The first-order valence-electron chi connectivity index (χ1n) is 10.3. The topological polar surface area (TPSA) is 54.3 Å². The van der Waals surface area contributed by atoms with Gasteiger partial charge in [0.2, 0.25) is 0 Å². The number of amides is 1. The average molecular weight is 424 g/mol. The molecule has 1 amide bonds. The molecule has 1 aliphatic rings. The predicted molar refractivity (Wildman–Crippen MR) is 123 cm³/mol. The highest BCUT2D eigenvalue weighted by molar-refractivity contribution is 6.31. The molecule has 1 fully saturated rings. The van der Waals surface area contributed by atoms with Crippen molar-refractivity contribution < 1.29 is 4.79 Å². The number of fused-ring (bicyclic) bond motifs is 1. The van der Waals surface area contributed by atoms with Gasteiger partial charge >= 0.3 is 0 Å². The molecular weight excluding hydrogens is 398 g/mol. The zero-order valence-electron chi connectivity index (χ0n) is 17.3. The maximum atomic E-state index is 13.1. The van der Waals surface area contributed by atoms with Gasteiger partial charge in [0, 0.05) is 39.8 Å². The number of hydrogen-bond acceptors (Lipinski definition) is 3. The maximum Gasteiger partial charge on any atom is 0.258 e. The Morgan fingerprint density at radius 1 is 1.13 bits per heavy atom. The fraction of sp³-hybridized carbons (Fsp3) is 0.333. The van der Waals surface area contributed by atoms with Crippen molar-refractivity contribution in [1.29, 1.82) is 0 Å². The van der Waals surface area contributed by atoms with Crippen LogP contribution in [0.4, 0.5) is 5.69 Å². The van der Waals surface area contributed by atoms with Crippen LogP contribution in [-0.2, 0) is 6.54 Å². The zero-order valence-corrected chi connectivity index (χ0v) is 18.1. The number of nitrogens with zero attached hydrogens (tertiary/aromatic N) is 2. The Morgan fingerprint density at radius 2 is 1.90 bits per heavy atom. The molecule has 2 heterocycles. The van der Waals surface area contributed by atoms with Gasteiger partial charge in [0.15, 0.2) is 0 Å². The number of aromatic nitrogens is 1. The summed E-state index contributed by atoms with van der Waals surface area (Å²) < 4.78 is 1.81. The Morgan fingerprint density at radius 3 is 2.67 bits per heavy atom. The number of carbonyl (C=O) groups excluding carboxylic acids is 1. The molecular formula is C24H26ClN3O2. The number of carbonyl (C=O) groups is 1. The lowest BCUT2D eigenvalue weighted by Gasteiger charge is -2.29. The van der Waals surface area contributed by atoms with E-state index >= 15 is 0 Å². The van der Waals surface area contributed by atoms with E-state index in [0.29, 0.717) is 27.6 Å². The number of rotatable bonds is 4. The van der Waals surface area contributed by atoms with Crippen molar-refractivity contribution in [1.82, 2.24) is 9.47 Å². The van der Waals surface area contributed by atoms with E-state index in [9.17, 15) is 9.59 Å². The molecule has 0 spiro atoms. The summed E-state index contributed by atoms with van der Waals surface area (Å²) in [5, 5.41) is 4.83. The summed E-state index contributed by atoms with van der Waals surface area (Å²) in [5.41, 5.74) is 1.98. The first-order valence-corrected chi connectivity index (χ1v) is 10.7. The van der Waals surface area contributed by atoms with Gasteiger partial charge in [-0.1, -0.05) is 23.7 Å². The molecule has 2 aromatic carbocycles. The number of nitrogens with one attached hydrogen (secondary N) is 1. The number of pyridine rings is 1. The Balaban J connectivity index is 1.61. The maximum absolute atomic E-state index is 13.1. The van der Waals surface area contributed by atoms with E-state index in [1.165, 1.54) is 0 Å². The van der Waals surface area contributed by atoms with Crippen LogP contribution in [0.5, 0.6) is 0 Å². The van der Waals surface area contributed by atoms with Gasteiger partial charge in [-0.3, -0.25) is 9.59 Å². The van der Waals surface area contributed by atoms with Gasteiger partial charge in [-0.2, -0.15) is 0 Å². The predicted octanol–water partition coefficient (Wildman–Crippen LogP) is 4.56. The molecule has 1 aromatic heterocycles. The van der Waals surface area contributed by atoms with Crippen molar-refractivity contribution in [2.75, 3.05) is 25.5 Å². The van der Waals surface area contributed by atoms with E-state index in [0.717, 1.165) is 43.4 Å². The van der Waals surface area contributed by atoms with Gasteiger partial charge < -0.3 is 14.8 Å². The van der Waals surface area contributed by atoms with Gasteiger partial charge in [-0.05, 0) is 81.7 Å². The third-order valence-corrected chi connectivity index (χ3v) is 6.24. The van der Waals surface area contributed by atoms with Gasteiger partial charge in [-0.15, -0.1) is 0 Å². The number of halogens is 1. The molecule has 3 aromatic rings. The first-order chi connectivity index (χ1) is 14.4. The molecule has 1 saturated heterocycles. The van der Waals surface area contributed by atoms with Gasteiger partial charge in [-0.25, -0.2) is 0 Å².